The molecule has 1 aliphatic carbocycles. The highest BCUT2D eigenvalue weighted by atomic mass is 16.1. The smallest absolute Gasteiger partial charge is 0.296 e. The Kier molecular flexibility index (Phi) is 6.38. The zero-order valence-electron chi connectivity index (χ0n) is 19.8. The first-order valence-electron chi connectivity index (χ1n) is 12.3. The number of benzene rings is 1. The number of H-pyrrole nitrogens is 1. The Morgan fingerprint density at radius 1 is 1.09 bits per heavy atom. The lowest BCUT2D eigenvalue weighted by atomic mass is 10.0. The van der Waals surface area contributed by atoms with E-state index in [1.807, 2.05) is 39.6 Å². The standard InChI is InChI=1S/C26H31N7O/c1-3-5-10-23-17-33(24-15-20(24)7-4-2)26(34)32(23)16-22-14-19(11-12-27-22)18-8-6-9-21(13-18)25-28-30-31-29-25/h6,8-9,11-14,17,20,24H,3-5,7,10,15-16H2,1-2H3,(H,28,29,30,31). The molecule has 4 aromatic rings. The zero-order valence-corrected chi connectivity index (χ0v) is 19.8. The summed E-state index contributed by atoms with van der Waals surface area (Å²) in [5, 5.41) is 14.3. The van der Waals surface area contributed by atoms with Crippen LogP contribution in [0, 0.1) is 5.92 Å². The highest BCUT2D eigenvalue weighted by Crippen LogP contribution is 2.45. The Morgan fingerprint density at radius 3 is 2.74 bits per heavy atom. The van der Waals surface area contributed by atoms with Crippen molar-refractivity contribution in [2.24, 2.45) is 5.92 Å². The van der Waals surface area contributed by atoms with Gasteiger partial charge in [-0.05, 0) is 66.1 Å². The Hall–Kier alpha value is -3.55. The number of hydrogen-bond acceptors (Lipinski definition) is 5. The second-order valence-corrected chi connectivity index (χ2v) is 9.20. The topological polar surface area (TPSA) is 94.3 Å². The van der Waals surface area contributed by atoms with Crippen LogP contribution in [0.1, 0.15) is 63.4 Å². The van der Waals surface area contributed by atoms with E-state index in [0.717, 1.165) is 53.8 Å². The molecule has 3 heterocycles. The first-order valence-corrected chi connectivity index (χ1v) is 12.3. The number of aromatic amines is 1. The van der Waals surface area contributed by atoms with Crippen molar-refractivity contribution in [3.8, 4) is 22.5 Å². The van der Waals surface area contributed by atoms with Crippen LogP contribution in [-0.4, -0.2) is 34.7 Å². The minimum atomic E-state index is 0.0982. The first-order chi connectivity index (χ1) is 16.7. The van der Waals surface area contributed by atoms with Crippen LogP contribution in [0.25, 0.3) is 22.5 Å². The molecule has 3 aromatic heterocycles. The molecule has 176 valence electrons. The lowest BCUT2D eigenvalue weighted by Crippen LogP contribution is -2.25. The zero-order chi connectivity index (χ0) is 23.5. The summed E-state index contributed by atoms with van der Waals surface area (Å²) < 4.78 is 3.92. The monoisotopic (exact) mass is 457 g/mol. The van der Waals surface area contributed by atoms with Crippen LogP contribution in [0.15, 0.2) is 53.6 Å². The molecule has 1 aromatic carbocycles. The Bertz CT molecular complexity index is 1300. The molecule has 0 spiro atoms. The van der Waals surface area contributed by atoms with Crippen molar-refractivity contribution in [1.29, 1.82) is 0 Å². The summed E-state index contributed by atoms with van der Waals surface area (Å²) in [6.07, 6.45) is 10.5. The summed E-state index contributed by atoms with van der Waals surface area (Å²) in [4.78, 5) is 18.0. The molecular formula is C26H31N7O. The summed E-state index contributed by atoms with van der Waals surface area (Å²) in [6, 6.07) is 12.5. The van der Waals surface area contributed by atoms with Crippen LogP contribution in [0.3, 0.4) is 0 Å². The summed E-state index contributed by atoms with van der Waals surface area (Å²) in [5.41, 5.74) is 5.07. The Morgan fingerprint density at radius 2 is 1.94 bits per heavy atom. The number of tetrazole rings is 1. The van der Waals surface area contributed by atoms with Gasteiger partial charge in [0.15, 0.2) is 0 Å². The number of aryl methyl sites for hydroxylation is 1. The number of aromatic nitrogens is 7. The molecule has 0 aliphatic heterocycles. The van der Waals surface area contributed by atoms with Crippen molar-refractivity contribution in [3.63, 3.8) is 0 Å². The van der Waals surface area contributed by atoms with Gasteiger partial charge >= 0.3 is 5.69 Å². The van der Waals surface area contributed by atoms with Crippen molar-refractivity contribution in [2.45, 2.75) is 65.0 Å². The summed E-state index contributed by atoms with van der Waals surface area (Å²) in [6.45, 7) is 4.88. The van der Waals surface area contributed by atoms with Crippen molar-refractivity contribution in [2.75, 3.05) is 0 Å². The quantitative estimate of drug-likeness (QED) is 0.374. The highest BCUT2D eigenvalue weighted by Gasteiger charge is 2.39. The normalized spacial score (nSPS) is 17.2. The lowest BCUT2D eigenvalue weighted by molar-refractivity contribution is 0.578. The summed E-state index contributed by atoms with van der Waals surface area (Å²) in [5.74, 6) is 1.21. The van der Waals surface area contributed by atoms with Gasteiger partial charge in [-0.15, -0.1) is 10.2 Å². The second-order valence-electron chi connectivity index (χ2n) is 9.20. The number of rotatable bonds is 10. The maximum atomic E-state index is 13.4. The van der Waals surface area contributed by atoms with Crippen molar-refractivity contribution in [1.82, 2.24) is 34.7 Å². The molecule has 2 atom stereocenters. The van der Waals surface area contributed by atoms with E-state index in [1.54, 1.807) is 0 Å². The summed E-state index contributed by atoms with van der Waals surface area (Å²) >= 11 is 0. The van der Waals surface area contributed by atoms with E-state index in [0.29, 0.717) is 24.3 Å². The molecule has 0 radical (unpaired) electrons. The number of nitrogens with zero attached hydrogens (tertiary/aromatic N) is 6. The number of unbranched alkanes of at least 4 members (excludes halogenated alkanes) is 1. The van der Waals surface area contributed by atoms with Crippen LogP contribution in [0.5, 0.6) is 0 Å². The van der Waals surface area contributed by atoms with Gasteiger partial charge in [0, 0.05) is 29.7 Å². The van der Waals surface area contributed by atoms with E-state index in [4.69, 9.17) is 0 Å². The molecule has 0 amide bonds. The van der Waals surface area contributed by atoms with Gasteiger partial charge in [0.2, 0.25) is 5.82 Å². The molecule has 1 fully saturated rings. The van der Waals surface area contributed by atoms with Gasteiger partial charge in [-0.3, -0.25) is 14.1 Å². The fourth-order valence-corrected chi connectivity index (χ4v) is 4.79. The molecule has 2 unspecified atom stereocenters. The third-order valence-electron chi connectivity index (χ3n) is 6.71. The number of hydrogen-bond donors (Lipinski definition) is 1. The average Bonchev–Trinajstić information content (AvgIpc) is 3.27. The van der Waals surface area contributed by atoms with Crippen LogP contribution >= 0.6 is 0 Å². The summed E-state index contributed by atoms with van der Waals surface area (Å²) in [7, 11) is 0. The average molecular weight is 458 g/mol. The first kappa shape index (κ1) is 22.3. The van der Waals surface area contributed by atoms with Gasteiger partial charge in [0.1, 0.15) is 0 Å². The van der Waals surface area contributed by atoms with Gasteiger partial charge < -0.3 is 0 Å². The van der Waals surface area contributed by atoms with Gasteiger partial charge in [0.25, 0.3) is 0 Å². The van der Waals surface area contributed by atoms with E-state index in [2.05, 4.69) is 57.8 Å². The highest BCUT2D eigenvalue weighted by molar-refractivity contribution is 5.70. The van der Waals surface area contributed by atoms with E-state index in [9.17, 15) is 4.79 Å². The molecule has 8 heteroatoms. The fourth-order valence-electron chi connectivity index (χ4n) is 4.79. The van der Waals surface area contributed by atoms with Crippen molar-refractivity contribution in [3.05, 3.63) is 70.7 Å². The number of nitrogens with one attached hydrogen (secondary N) is 1. The molecule has 8 nitrogen and oxygen atoms in total. The third-order valence-corrected chi connectivity index (χ3v) is 6.71. The van der Waals surface area contributed by atoms with Crippen LogP contribution < -0.4 is 5.69 Å². The van der Waals surface area contributed by atoms with Crippen LogP contribution in [0.2, 0.25) is 0 Å². The van der Waals surface area contributed by atoms with E-state index >= 15 is 0 Å². The van der Waals surface area contributed by atoms with Crippen LogP contribution in [-0.2, 0) is 13.0 Å². The predicted molar refractivity (Wildman–Crippen MR) is 131 cm³/mol. The van der Waals surface area contributed by atoms with Crippen molar-refractivity contribution < 1.29 is 0 Å². The molecular weight excluding hydrogens is 426 g/mol. The number of pyridine rings is 1. The third kappa shape index (κ3) is 4.58. The van der Waals surface area contributed by atoms with Gasteiger partial charge in [-0.25, -0.2) is 4.79 Å². The SMILES string of the molecule is CCCCc1cn(C2CC2CCC)c(=O)n1Cc1cc(-c2cccc(-c3nn[nH]n3)c2)ccn1. The molecule has 0 saturated heterocycles. The molecule has 1 saturated carbocycles. The Balaban J connectivity index is 1.43. The maximum absolute atomic E-state index is 13.4. The van der Waals surface area contributed by atoms with Gasteiger partial charge in [-0.1, -0.05) is 44.9 Å². The molecule has 5 rings (SSSR count). The molecule has 0 bridgehead atoms. The van der Waals surface area contributed by atoms with Gasteiger partial charge in [-0.2, -0.15) is 5.21 Å². The largest absolute Gasteiger partial charge is 0.328 e. The van der Waals surface area contributed by atoms with E-state index < -0.39 is 0 Å². The lowest BCUT2D eigenvalue weighted by Gasteiger charge is -2.09. The molecule has 1 aliphatic rings. The second kappa shape index (κ2) is 9.75. The van der Waals surface area contributed by atoms with E-state index in [1.165, 1.54) is 12.8 Å². The number of imidazole rings is 1. The predicted octanol–water partition coefficient (Wildman–Crippen LogP) is 4.64. The maximum Gasteiger partial charge on any atom is 0.328 e. The van der Waals surface area contributed by atoms with Gasteiger partial charge in [0.05, 0.1) is 12.2 Å². The Labute approximate surface area is 199 Å². The minimum absolute atomic E-state index is 0.0982. The van der Waals surface area contributed by atoms with Crippen LogP contribution in [0.4, 0.5) is 0 Å². The van der Waals surface area contributed by atoms with E-state index in [-0.39, 0.29) is 5.69 Å². The molecule has 1 N–H and O–H groups in total. The van der Waals surface area contributed by atoms with Crippen molar-refractivity contribution >= 4 is 0 Å². The fraction of sp³-hybridized carbons (Fsp3) is 0.423. The molecule has 34 heavy (non-hydrogen) atoms. The minimum Gasteiger partial charge on any atom is -0.296 e.